The first-order chi connectivity index (χ1) is 20.4. The molecule has 1 saturated heterocycles. The third-order valence-electron chi connectivity index (χ3n) is 9.19. The van der Waals surface area contributed by atoms with Gasteiger partial charge in [-0.05, 0) is 93.5 Å². The van der Waals surface area contributed by atoms with Crippen molar-refractivity contribution in [3.8, 4) is 0 Å². The Kier molecular flexibility index (Phi) is 10.5. The van der Waals surface area contributed by atoms with Crippen LogP contribution in [0.2, 0.25) is 0 Å². The van der Waals surface area contributed by atoms with Crippen LogP contribution in [-0.4, -0.2) is 53.3 Å². The third kappa shape index (κ3) is 7.88. The van der Waals surface area contributed by atoms with E-state index in [0.29, 0.717) is 43.5 Å². The molecule has 224 valence electrons. The SMILES string of the molecule is Cc1ccc(CN(Cc2cccs2)C2CCN(C(=O)c3ccc(C)cc3)[C@@H](C(=O)NCC3CCCC(CN)C3)C2)cc1. The molecule has 2 aliphatic rings. The van der Waals surface area contributed by atoms with Crippen molar-refractivity contribution in [3.05, 3.63) is 93.2 Å². The van der Waals surface area contributed by atoms with Crippen LogP contribution in [0.15, 0.2) is 66.0 Å². The van der Waals surface area contributed by atoms with Crippen LogP contribution in [0.4, 0.5) is 0 Å². The number of carbonyl (C=O) groups excluding carboxylic acids is 2. The number of hydrogen-bond donors (Lipinski definition) is 2. The molecule has 0 radical (unpaired) electrons. The number of benzene rings is 2. The number of nitrogens with one attached hydrogen (secondary N) is 1. The quantitative estimate of drug-likeness (QED) is 0.309. The monoisotopic (exact) mass is 586 g/mol. The molecule has 6 nitrogen and oxygen atoms in total. The summed E-state index contributed by atoms with van der Waals surface area (Å²) in [6.07, 6.45) is 6.01. The maximum Gasteiger partial charge on any atom is 0.254 e. The average molecular weight is 587 g/mol. The second-order valence-corrected chi connectivity index (χ2v) is 13.4. The number of amides is 2. The summed E-state index contributed by atoms with van der Waals surface area (Å²) < 4.78 is 0. The van der Waals surface area contributed by atoms with Crippen molar-refractivity contribution in [2.45, 2.75) is 77.5 Å². The van der Waals surface area contributed by atoms with Crippen molar-refractivity contribution in [1.82, 2.24) is 15.1 Å². The summed E-state index contributed by atoms with van der Waals surface area (Å²) in [5.74, 6) is 0.917. The van der Waals surface area contributed by atoms with Crippen molar-refractivity contribution in [2.75, 3.05) is 19.6 Å². The Bertz CT molecular complexity index is 1290. The van der Waals surface area contributed by atoms with Gasteiger partial charge in [0.05, 0.1) is 0 Å². The zero-order valence-corrected chi connectivity index (χ0v) is 26.0. The fourth-order valence-corrected chi connectivity index (χ4v) is 7.37. The van der Waals surface area contributed by atoms with Crippen molar-refractivity contribution >= 4 is 23.2 Å². The molecule has 2 fully saturated rings. The molecule has 1 aliphatic carbocycles. The Balaban J connectivity index is 1.35. The normalized spacial score (nSPS) is 22.7. The van der Waals surface area contributed by atoms with Gasteiger partial charge in [0, 0.05) is 42.7 Å². The molecule has 3 N–H and O–H groups in total. The molecule has 7 heteroatoms. The number of carbonyl (C=O) groups is 2. The van der Waals surface area contributed by atoms with Gasteiger partial charge in [0.25, 0.3) is 5.91 Å². The predicted octanol–water partition coefficient (Wildman–Crippen LogP) is 5.92. The van der Waals surface area contributed by atoms with Gasteiger partial charge in [0.1, 0.15) is 6.04 Å². The van der Waals surface area contributed by atoms with E-state index in [4.69, 9.17) is 5.73 Å². The second-order valence-electron chi connectivity index (χ2n) is 12.4. The van der Waals surface area contributed by atoms with E-state index in [2.05, 4.69) is 58.9 Å². The minimum Gasteiger partial charge on any atom is -0.354 e. The first-order valence-electron chi connectivity index (χ1n) is 15.6. The number of nitrogens with two attached hydrogens (primary N) is 1. The largest absolute Gasteiger partial charge is 0.354 e. The summed E-state index contributed by atoms with van der Waals surface area (Å²) in [6.45, 7) is 7.71. The minimum absolute atomic E-state index is 0.0264. The van der Waals surface area contributed by atoms with Gasteiger partial charge in [-0.3, -0.25) is 14.5 Å². The van der Waals surface area contributed by atoms with Crippen molar-refractivity contribution < 1.29 is 9.59 Å². The third-order valence-corrected chi connectivity index (χ3v) is 10.0. The summed E-state index contributed by atoms with van der Waals surface area (Å²) in [5.41, 5.74) is 10.2. The molecular weight excluding hydrogens is 540 g/mol. The van der Waals surface area contributed by atoms with Crippen molar-refractivity contribution in [2.24, 2.45) is 17.6 Å². The number of aryl methyl sites for hydroxylation is 2. The standard InChI is InChI=1S/C35H46N4O2S/c1-25-8-12-27(13-9-25)23-38(24-32-7-4-18-42-32)31-16-17-39(35(41)30-14-10-26(2)11-15-30)33(20-31)34(40)37-22-29-6-3-5-28(19-29)21-36/h4,7-15,18,28-29,31,33H,3,5-6,16-17,19-24,36H2,1-2H3,(H,37,40)/t28?,29?,31?,33-/m1/s1. The highest BCUT2D eigenvalue weighted by molar-refractivity contribution is 7.09. The lowest BCUT2D eigenvalue weighted by Crippen LogP contribution is -2.57. The van der Waals surface area contributed by atoms with Gasteiger partial charge in [0.15, 0.2) is 0 Å². The zero-order valence-electron chi connectivity index (χ0n) is 25.1. The maximum atomic E-state index is 13.9. The molecule has 3 unspecified atom stereocenters. The van der Waals surface area contributed by atoms with Crippen LogP contribution in [-0.2, 0) is 17.9 Å². The Morgan fingerprint density at radius 2 is 1.64 bits per heavy atom. The summed E-state index contributed by atoms with van der Waals surface area (Å²) >= 11 is 1.77. The van der Waals surface area contributed by atoms with Crippen LogP contribution in [0, 0.1) is 25.7 Å². The summed E-state index contributed by atoms with van der Waals surface area (Å²) in [7, 11) is 0. The van der Waals surface area contributed by atoms with E-state index in [1.165, 1.54) is 28.8 Å². The van der Waals surface area contributed by atoms with Crippen LogP contribution in [0.5, 0.6) is 0 Å². The average Bonchev–Trinajstić information content (AvgIpc) is 3.54. The smallest absolute Gasteiger partial charge is 0.254 e. The number of rotatable bonds is 10. The van der Waals surface area contributed by atoms with E-state index in [1.54, 1.807) is 11.3 Å². The predicted molar refractivity (Wildman–Crippen MR) is 171 cm³/mol. The molecule has 4 atom stereocenters. The van der Waals surface area contributed by atoms with E-state index in [1.807, 2.05) is 36.1 Å². The van der Waals surface area contributed by atoms with Gasteiger partial charge >= 0.3 is 0 Å². The van der Waals surface area contributed by atoms with E-state index in [-0.39, 0.29) is 17.9 Å². The lowest BCUT2D eigenvalue weighted by atomic mass is 9.81. The lowest BCUT2D eigenvalue weighted by molar-refractivity contribution is -0.128. The van der Waals surface area contributed by atoms with Gasteiger partial charge in [-0.2, -0.15) is 0 Å². The molecule has 3 aromatic rings. The van der Waals surface area contributed by atoms with Crippen LogP contribution in [0.25, 0.3) is 0 Å². The van der Waals surface area contributed by atoms with Crippen LogP contribution < -0.4 is 11.1 Å². The van der Waals surface area contributed by atoms with E-state index in [0.717, 1.165) is 37.9 Å². The fourth-order valence-electron chi connectivity index (χ4n) is 6.64. The van der Waals surface area contributed by atoms with Crippen LogP contribution in [0.1, 0.15) is 70.5 Å². The van der Waals surface area contributed by atoms with Gasteiger partial charge in [-0.25, -0.2) is 0 Å². The minimum atomic E-state index is -0.504. The first kappa shape index (κ1) is 30.5. The van der Waals surface area contributed by atoms with E-state index in [9.17, 15) is 9.59 Å². The zero-order chi connectivity index (χ0) is 29.5. The fraction of sp³-hybridized carbons (Fsp3) is 0.486. The molecule has 2 aromatic carbocycles. The number of hydrogen-bond acceptors (Lipinski definition) is 5. The van der Waals surface area contributed by atoms with Crippen LogP contribution in [0.3, 0.4) is 0 Å². The van der Waals surface area contributed by atoms with E-state index >= 15 is 0 Å². The molecule has 1 aliphatic heterocycles. The second kappa shape index (κ2) is 14.5. The Morgan fingerprint density at radius 3 is 2.33 bits per heavy atom. The molecular formula is C35H46N4O2S. The molecule has 42 heavy (non-hydrogen) atoms. The van der Waals surface area contributed by atoms with Crippen molar-refractivity contribution in [1.29, 1.82) is 0 Å². The highest BCUT2D eigenvalue weighted by Gasteiger charge is 2.39. The van der Waals surface area contributed by atoms with Gasteiger partial charge in [-0.1, -0.05) is 60.0 Å². The Hall–Kier alpha value is -3.00. The van der Waals surface area contributed by atoms with Crippen molar-refractivity contribution in [3.63, 3.8) is 0 Å². The summed E-state index contributed by atoms with van der Waals surface area (Å²) in [5, 5.41) is 5.41. The summed E-state index contributed by atoms with van der Waals surface area (Å²) in [6, 6.07) is 20.4. The number of likely N-dealkylation sites (tertiary alicyclic amines) is 1. The summed E-state index contributed by atoms with van der Waals surface area (Å²) in [4.78, 5) is 33.4. The highest BCUT2D eigenvalue weighted by atomic mass is 32.1. The van der Waals surface area contributed by atoms with E-state index < -0.39 is 6.04 Å². The van der Waals surface area contributed by atoms with Gasteiger partial charge < -0.3 is 16.0 Å². The number of piperidine rings is 1. The molecule has 1 saturated carbocycles. The molecule has 0 spiro atoms. The topological polar surface area (TPSA) is 78.7 Å². The molecule has 1 aromatic heterocycles. The highest BCUT2D eigenvalue weighted by Crippen LogP contribution is 2.30. The molecule has 2 heterocycles. The lowest BCUT2D eigenvalue weighted by Gasteiger charge is -2.43. The van der Waals surface area contributed by atoms with Crippen LogP contribution >= 0.6 is 11.3 Å². The number of nitrogens with zero attached hydrogens (tertiary/aromatic N) is 2. The maximum absolute atomic E-state index is 13.9. The molecule has 2 amide bonds. The Labute approximate surface area is 255 Å². The number of thiophene rings is 1. The first-order valence-corrected chi connectivity index (χ1v) is 16.4. The Morgan fingerprint density at radius 1 is 0.929 bits per heavy atom. The molecule has 5 rings (SSSR count). The van der Waals surface area contributed by atoms with Gasteiger partial charge in [0.2, 0.25) is 5.91 Å². The van der Waals surface area contributed by atoms with Gasteiger partial charge in [-0.15, -0.1) is 11.3 Å². The molecule has 0 bridgehead atoms.